The van der Waals surface area contributed by atoms with Crippen LogP contribution in [-0.2, 0) is 6.54 Å². The van der Waals surface area contributed by atoms with E-state index >= 15 is 0 Å². The highest BCUT2D eigenvalue weighted by atomic mass is 16.5. The number of methoxy groups -OCH3 is 2. The summed E-state index contributed by atoms with van der Waals surface area (Å²) in [5.41, 5.74) is 1.19. The van der Waals surface area contributed by atoms with E-state index in [9.17, 15) is 0 Å². The molecule has 0 amide bonds. The van der Waals surface area contributed by atoms with Gasteiger partial charge >= 0.3 is 0 Å². The van der Waals surface area contributed by atoms with Crippen LogP contribution in [0.2, 0.25) is 0 Å². The first-order chi connectivity index (χ1) is 10.2. The zero-order chi connectivity index (χ0) is 15.2. The number of nitrogens with zero attached hydrogens (tertiary/aromatic N) is 1. The Balaban J connectivity index is 2.00. The lowest BCUT2D eigenvalue weighted by Gasteiger charge is -2.34. The monoisotopic (exact) mass is 292 g/mol. The van der Waals surface area contributed by atoms with Crippen molar-refractivity contribution in [1.29, 1.82) is 0 Å². The average Bonchev–Trinajstić information content (AvgIpc) is 2.54. The zero-order valence-electron chi connectivity index (χ0n) is 13.7. The van der Waals surface area contributed by atoms with E-state index in [1.807, 2.05) is 12.1 Å². The van der Waals surface area contributed by atoms with Gasteiger partial charge in [0.05, 0.1) is 14.2 Å². The molecule has 1 N–H and O–H groups in total. The molecular weight excluding hydrogens is 264 g/mol. The van der Waals surface area contributed by atoms with Crippen LogP contribution in [0, 0.1) is 0 Å². The molecule has 21 heavy (non-hydrogen) atoms. The summed E-state index contributed by atoms with van der Waals surface area (Å²) in [5.74, 6) is 1.82. The van der Waals surface area contributed by atoms with Gasteiger partial charge in [-0.2, -0.15) is 0 Å². The molecule has 118 valence electrons. The molecular formula is C17H28N2O2. The maximum absolute atomic E-state index is 5.48. The molecule has 1 aromatic rings. The van der Waals surface area contributed by atoms with Crippen LogP contribution in [0.1, 0.15) is 31.2 Å². The van der Waals surface area contributed by atoms with E-state index in [1.165, 1.54) is 31.2 Å². The van der Waals surface area contributed by atoms with Gasteiger partial charge in [0.1, 0.15) is 11.5 Å². The van der Waals surface area contributed by atoms with Crippen molar-refractivity contribution in [3.05, 3.63) is 23.8 Å². The molecule has 4 nitrogen and oxygen atoms in total. The molecule has 1 fully saturated rings. The summed E-state index contributed by atoms with van der Waals surface area (Å²) in [6.45, 7) is 0.898. The number of ether oxygens (including phenoxy) is 2. The minimum Gasteiger partial charge on any atom is -0.497 e. The van der Waals surface area contributed by atoms with E-state index in [4.69, 9.17) is 9.47 Å². The Morgan fingerprint density at radius 1 is 1.14 bits per heavy atom. The first kappa shape index (κ1) is 16.1. The van der Waals surface area contributed by atoms with Gasteiger partial charge < -0.3 is 14.8 Å². The van der Waals surface area contributed by atoms with Crippen LogP contribution in [0.25, 0.3) is 0 Å². The van der Waals surface area contributed by atoms with Crippen LogP contribution in [0.4, 0.5) is 0 Å². The summed E-state index contributed by atoms with van der Waals surface area (Å²) >= 11 is 0. The first-order valence-electron chi connectivity index (χ1n) is 7.76. The maximum Gasteiger partial charge on any atom is 0.123 e. The van der Waals surface area contributed by atoms with Crippen LogP contribution >= 0.6 is 0 Å². The van der Waals surface area contributed by atoms with Crippen molar-refractivity contribution in [3.8, 4) is 11.5 Å². The van der Waals surface area contributed by atoms with Gasteiger partial charge in [-0.3, -0.25) is 4.90 Å². The lowest BCUT2D eigenvalue weighted by molar-refractivity contribution is 0.168. The minimum absolute atomic E-state index is 0.658. The largest absolute Gasteiger partial charge is 0.497 e. The highest BCUT2D eigenvalue weighted by Gasteiger charge is 2.23. The summed E-state index contributed by atoms with van der Waals surface area (Å²) in [4.78, 5) is 2.45. The van der Waals surface area contributed by atoms with Gasteiger partial charge in [-0.1, -0.05) is 0 Å². The van der Waals surface area contributed by atoms with Crippen LogP contribution < -0.4 is 14.8 Å². The molecule has 1 aliphatic rings. The highest BCUT2D eigenvalue weighted by Crippen LogP contribution is 2.28. The molecule has 0 unspecified atom stereocenters. The molecule has 0 atom stereocenters. The predicted octanol–water partition coefficient (Wildman–Crippen LogP) is 2.67. The zero-order valence-corrected chi connectivity index (χ0v) is 13.7. The van der Waals surface area contributed by atoms with E-state index in [0.717, 1.165) is 18.0 Å². The van der Waals surface area contributed by atoms with Crippen molar-refractivity contribution in [2.45, 2.75) is 44.3 Å². The van der Waals surface area contributed by atoms with E-state index in [0.29, 0.717) is 12.1 Å². The third kappa shape index (κ3) is 4.11. The molecule has 0 aromatic heterocycles. The van der Waals surface area contributed by atoms with Gasteiger partial charge in [0.15, 0.2) is 0 Å². The molecule has 1 aliphatic carbocycles. The van der Waals surface area contributed by atoms with Gasteiger partial charge in [0.2, 0.25) is 0 Å². The van der Waals surface area contributed by atoms with Gasteiger partial charge in [0.25, 0.3) is 0 Å². The van der Waals surface area contributed by atoms with Gasteiger partial charge in [-0.25, -0.2) is 0 Å². The van der Waals surface area contributed by atoms with Crippen molar-refractivity contribution < 1.29 is 9.47 Å². The maximum atomic E-state index is 5.48. The molecule has 0 bridgehead atoms. The molecule has 0 spiro atoms. The fourth-order valence-electron chi connectivity index (χ4n) is 3.21. The first-order valence-corrected chi connectivity index (χ1v) is 7.76. The fourth-order valence-corrected chi connectivity index (χ4v) is 3.21. The summed E-state index contributed by atoms with van der Waals surface area (Å²) in [6, 6.07) is 7.36. The van der Waals surface area contributed by atoms with E-state index in [2.05, 4.69) is 30.4 Å². The molecule has 2 rings (SSSR count). The molecule has 0 radical (unpaired) electrons. The standard InChI is InChI=1S/C17H28N2O2/c1-18-14-5-7-15(8-6-14)19(2)12-13-11-16(20-3)9-10-17(13)21-4/h9-11,14-15,18H,5-8,12H2,1-4H3. The average molecular weight is 292 g/mol. The van der Waals surface area contributed by atoms with E-state index in [-0.39, 0.29) is 0 Å². The topological polar surface area (TPSA) is 33.7 Å². The number of hydrogen-bond donors (Lipinski definition) is 1. The van der Waals surface area contributed by atoms with Gasteiger partial charge in [0, 0.05) is 24.2 Å². The SMILES string of the molecule is CNC1CCC(N(C)Cc2cc(OC)ccc2OC)CC1. The fraction of sp³-hybridized carbons (Fsp3) is 0.647. The van der Waals surface area contributed by atoms with Crippen molar-refractivity contribution in [3.63, 3.8) is 0 Å². The summed E-state index contributed by atoms with van der Waals surface area (Å²) in [7, 11) is 7.71. The third-order valence-corrected chi connectivity index (χ3v) is 4.64. The van der Waals surface area contributed by atoms with Crippen LogP contribution in [0.3, 0.4) is 0 Å². The van der Waals surface area contributed by atoms with Crippen molar-refractivity contribution in [2.24, 2.45) is 0 Å². The molecule has 0 saturated heterocycles. The second-order valence-corrected chi connectivity index (χ2v) is 5.89. The van der Waals surface area contributed by atoms with Crippen molar-refractivity contribution in [1.82, 2.24) is 10.2 Å². The molecule has 1 aromatic carbocycles. The molecule has 0 heterocycles. The van der Waals surface area contributed by atoms with E-state index < -0.39 is 0 Å². The normalized spacial score (nSPS) is 22.3. The molecule has 1 saturated carbocycles. The Morgan fingerprint density at radius 3 is 2.43 bits per heavy atom. The van der Waals surface area contributed by atoms with Crippen LogP contribution in [-0.4, -0.2) is 45.3 Å². The smallest absolute Gasteiger partial charge is 0.123 e. The summed E-state index contributed by atoms with van der Waals surface area (Å²) < 4.78 is 10.8. The van der Waals surface area contributed by atoms with Crippen molar-refractivity contribution >= 4 is 0 Å². The molecule has 4 heteroatoms. The van der Waals surface area contributed by atoms with Crippen LogP contribution in [0.5, 0.6) is 11.5 Å². The van der Waals surface area contributed by atoms with Crippen LogP contribution in [0.15, 0.2) is 18.2 Å². The lowest BCUT2D eigenvalue weighted by Crippen LogP contribution is -2.39. The Morgan fingerprint density at radius 2 is 1.86 bits per heavy atom. The molecule has 0 aliphatic heterocycles. The van der Waals surface area contributed by atoms with Crippen molar-refractivity contribution in [2.75, 3.05) is 28.3 Å². The van der Waals surface area contributed by atoms with Gasteiger partial charge in [-0.05, 0) is 58.0 Å². The predicted molar refractivity (Wildman–Crippen MR) is 86.1 cm³/mol. The van der Waals surface area contributed by atoms with E-state index in [1.54, 1.807) is 14.2 Å². The Bertz CT molecular complexity index is 442. The number of nitrogens with one attached hydrogen (secondary N) is 1. The lowest BCUT2D eigenvalue weighted by atomic mass is 9.90. The number of rotatable bonds is 6. The Labute approximate surface area is 128 Å². The van der Waals surface area contributed by atoms with Gasteiger partial charge in [-0.15, -0.1) is 0 Å². The summed E-state index contributed by atoms with van der Waals surface area (Å²) in [5, 5.41) is 3.39. The Kier molecular flexibility index (Phi) is 5.88. The Hall–Kier alpha value is -1.26. The third-order valence-electron chi connectivity index (χ3n) is 4.64. The number of hydrogen-bond acceptors (Lipinski definition) is 4. The summed E-state index contributed by atoms with van der Waals surface area (Å²) in [6.07, 6.45) is 5.05. The second kappa shape index (κ2) is 7.66. The quantitative estimate of drug-likeness (QED) is 0.874. The number of benzene rings is 1. The second-order valence-electron chi connectivity index (χ2n) is 5.89. The highest BCUT2D eigenvalue weighted by molar-refractivity contribution is 5.40. The minimum atomic E-state index is 0.658.